The Morgan fingerprint density at radius 3 is 2.56 bits per heavy atom. The van der Waals surface area contributed by atoms with Crippen molar-refractivity contribution in [3.63, 3.8) is 0 Å². The first-order valence-corrected chi connectivity index (χ1v) is 8.84. The molecule has 2 aromatic rings. The Balaban J connectivity index is 1.88. The van der Waals surface area contributed by atoms with Crippen molar-refractivity contribution >= 4 is 15.9 Å². The molecule has 0 amide bonds. The van der Waals surface area contributed by atoms with Gasteiger partial charge >= 0.3 is 0 Å². The van der Waals surface area contributed by atoms with Crippen LogP contribution >= 0.6 is 15.9 Å². The van der Waals surface area contributed by atoms with Crippen molar-refractivity contribution in [2.75, 3.05) is 34.2 Å². The Morgan fingerprint density at radius 1 is 1.04 bits per heavy atom. The summed E-state index contributed by atoms with van der Waals surface area (Å²) in [6.07, 6.45) is 0. The Bertz CT molecular complexity index is 637. The Labute approximate surface area is 157 Å². The third kappa shape index (κ3) is 6.66. The standard InChI is InChI=1S/C19H24BrNO4/c1-22-9-8-21-12-16-10-17(20)19(18(11-16)23-2)25-14-24-13-15-6-4-3-5-7-15/h3-7,10-11,21H,8-9,12-14H2,1-2H3. The lowest BCUT2D eigenvalue weighted by molar-refractivity contribution is 0.00331. The van der Waals surface area contributed by atoms with E-state index in [0.29, 0.717) is 24.7 Å². The number of benzene rings is 2. The van der Waals surface area contributed by atoms with Gasteiger partial charge < -0.3 is 24.3 Å². The molecule has 6 heteroatoms. The third-order valence-electron chi connectivity index (χ3n) is 3.50. The van der Waals surface area contributed by atoms with E-state index in [4.69, 9.17) is 18.9 Å². The summed E-state index contributed by atoms with van der Waals surface area (Å²) in [5, 5.41) is 3.30. The third-order valence-corrected chi connectivity index (χ3v) is 4.09. The highest BCUT2D eigenvalue weighted by Crippen LogP contribution is 2.36. The second kappa shape index (κ2) is 11.1. The number of ether oxygens (including phenoxy) is 4. The van der Waals surface area contributed by atoms with Gasteiger partial charge in [-0.15, -0.1) is 0 Å². The molecule has 0 atom stereocenters. The molecule has 1 N–H and O–H groups in total. The molecule has 0 spiro atoms. The van der Waals surface area contributed by atoms with Crippen LogP contribution in [0.1, 0.15) is 11.1 Å². The van der Waals surface area contributed by atoms with Crippen molar-refractivity contribution in [1.29, 1.82) is 0 Å². The van der Waals surface area contributed by atoms with Gasteiger partial charge in [-0.05, 0) is 39.2 Å². The lowest BCUT2D eigenvalue weighted by atomic mass is 10.2. The van der Waals surface area contributed by atoms with Crippen LogP contribution < -0.4 is 14.8 Å². The van der Waals surface area contributed by atoms with E-state index in [2.05, 4.69) is 21.2 Å². The monoisotopic (exact) mass is 409 g/mol. The van der Waals surface area contributed by atoms with Crippen LogP contribution in [0.3, 0.4) is 0 Å². The van der Waals surface area contributed by atoms with E-state index in [0.717, 1.165) is 28.7 Å². The second-order valence-corrected chi connectivity index (χ2v) is 6.23. The summed E-state index contributed by atoms with van der Waals surface area (Å²) in [7, 11) is 3.31. The van der Waals surface area contributed by atoms with Crippen LogP contribution in [0.15, 0.2) is 46.9 Å². The molecule has 0 aliphatic rings. The first kappa shape index (κ1) is 19.7. The quantitative estimate of drug-likeness (QED) is 0.452. The smallest absolute Gasteiger partial charge is 0.189 e. The molecule has 25 heavy (non-hydrogen) atoms. The normalized spacial score (nSPS) is 10.7. The molecule has 0 aromatic heterocycles. The van der Waals surface area contributed by atoms with Gasteiger partial charge in [-0.3, -0.25) is 0 Å². The van der Waals surface area contributed by atoms with E-state index in [-0.39, 0.29) is 6.79 Å². The van der Waals surface area contributed by atoms with E-state index >= 15 is 0 Å². The summed E-state index contributed by atoms with van der Waals surface area (Å²) in [4.78, 5) is 0. The minimum Gasteiger partial charge on any atom is -0.493 e. The van der Waals surface area contributed by atoms with Crippen molar-refractivity contribution in [2.24, 2.45) is 0 Å². The molecule has 2 rings (SSSR count). The average Bonchev–Trinajstić information content (AvgIpc) is 2.64. The van der Waals surface area contributed by atoms with Crippen LogP contribution in [-0.2, 0) is 22.6 Å². The lowest BCUT2D eigenvalue weighted by Crippen LogP contribution is -2.18. The summed E-state index contributed by atoms with van der Waals surface area (Å²) in [5.41, 5.74) is 2.20. The van der Waals surface area contributed by atoms with Crippen molar-refractivity contribution < 1.29 is 18.9 Å². The van der Waals surface area contributed by atoms with Gasteiger partial charge in [0.2, 0.25) is 0 Å². The fraction of sp³-hybridized carbons (Fsp3) is 0.368. The maximum atomic E-state index is 5.74. The zero-order valence-electron chi connectivity index (χ0n) is 14.6. The van der Waals surface area contributed by atoms with E-state index < -0.39 is 0 Å². The largest absolute Gasteiger partial charge is 0.493 e. The predicted octanol–water partition coefficient (Wildman–Crippen LogP) is 3.75. The maximum Gasteiger partial charge on any atom is 0.189 e. The molecular weight excluding hydrogens is 386 g/mol. The average molecular weight is 410 g/mol. The van der Waals surface area contributed by atoms with Crippen LogP contribution in [0.2, 0.25) is 0 Å². The van der Waals surface area contributed by atoms with Crippen molar-refractivity contribution in [2.45, 2.75) is 13.2 Å². The number of rotatable bonds is 11. The molecule has 2 aromatic carbocycles. The van der Waals surface area contributed by atoms with Gasteiger partial charge in [0, 0.05) is 20.2 Å². The topological polar surface area (TPSA) is 49.0 Å². The first-order valence-electron chi connectivity index (χ1n) is 8.05. The van der Waals surface area contributed by atoms with Crippen LogP contribution in [0.4, 0.5) is 0 Å². The summed E-state index contributed by atoms with van der Waals surface area (Å²) in [5.74, 6) is 1.30. The molecule has 136 valence electrons. The van der Waals surface area contributed by atoms with E-state index in [9.17, 15) is 0 Å². The SMILES string of the molecule is COCCNCc1cc(Br)c(OCOCc2ccccc2)c(OC)c1. The zero-order valence-corrected chi connectivity index (χ0v) is 16.2. The minimum absolute atomic E-state index is 0.148. The Kier molecular flexibility index (Phi) is 8.76. The fourth-order valence-electron chi connectivity index (χ4n) is 2.26. The van der Waals surface area contributed by atoms with Crippen molar-refractivity contribution in [3.05, 3.63) is 58.1 Å². The maximum absolute atomic E-state index is 5.74. The molecule has 0 aliphatic heterocycles. The van der Waals surface area contributed by atoms with Crippen molar-refractivity contribution in [1.82, 2.24) is 5.32 Å². The summed E-state index contributed by atoms with van der Waals surface area (Å²) >= 11 is 3.55. The molecular formula is C19H24BrNO4. The summed E-state index contributed by atoms with van der Waals surface area (Å²) < 4.78 is 22.6. The molecule has 0 fully saturated rings. The van der Waals surface area contributed by atoms with E-state index in [1.54, 1.807) is 14.2 Å². The lowest BCUT2D eigenvalue weighted by Gasteiger charge is -2.15. The number of hydrogen-bond acceptors (Lipinski definition) is 5. The van der Waals surface area contributed by atoms with Gasteiger partial charge in [0.15, 0.2) is 18.3 Å². The van der Waals surface area contributed by atoms with Crippen LogP contribution in [-0.4, -0.2) is 34.2 Å². The molecule has 0 unspecified atom stereocenters. The van der Waals surface area contributed by atoms with Gasteiger partial charge in [-0.25, -0.2) is 0 Å². The highest BCUT2D eigenvalue weighted by atomic mass is 79.9. The number of halogens is 1. The minimum atomic E-state index is 0.148. The molecule has 0 saturated heterocycles. The highest BCUT2D eigenvalue weighted by molar-refractivity contribution is 9.10. The van der Waals surface area contributed by atoms with E-state index in [1.807, 2.05) is 42.5 Å². The zero-order chi connectivity index (χ0) is 17.9. The number of methoxy groups -OCH3 is 2. The van der Waals surface area contributed by atoms with Gasteiger partial charge in [0.05, 0.1) is 24.8 Å². The van der Waals surface area contributed by atoms with Gasteiger partial charge in [0.25, 0.3) is 0 Å². The van der Waals surface area contributed by atoms with E-state index in [1.165, 1.54) is 0 Å². The predicted molar refractivity (Wildman–Crippen MR) is 101 cm³/mol. The molecule has 0 saturated carbocycles. The molecule has 0 heterocycles. The Hall–Kier alpha value is -1.60. The highest BCUT2D eigenvalue weighted by Gasteiger charge is 2.12. The van der Waals surface area contributed by atoms with Gasteiger partial charge in [-0.1, -0.05) is 30.3 Å². The van der Waals surface area contributed by atoms with Gasteiger partial charge in [0.1, 0.15) is 0 Å². The molecule has 0 radical (unpaired) electrons. The van der Waals surface area contributed by atoms with Crippen LogP contribution in [0, 0.1) is 0 Å². The number of nitrogens with one attached hydrogen (secondary N) is 1. The van der Waals surface area contributed by atoms with Crippen molar-refractivity contribution in [3.8, 4) is 11.5 Å². The summed E-state index contributed by atoms with van der Waals surface area (Å²) in [6, 6.07) is 13.9. The van der Waals surface area contributed by atoms with Gasteiger partial charge in [-0.2, -0.15) is 0 Å². The first-order chi connectivity index (χ1) is 12.2. The Morgan fingerprint density at radius 2 is 1.84 bits per heavy atom. The van der Waals surface area contributed by atoms with Crippen LogP contribution in [0.25, 0.3) is 0 Å². The molecule has 5 nitrogen and oxygen atoms in total. The molecule has 0 aliphatic carbocycles. The van der Waals surface area contributed by atoms with Crippen LogP contribution in [0.5, 0.6) is 11.5 Å². The molecule has 0 bridgehead atoms. The fourth-order valence-corrected chi connectivity index (χ4v) is 2.86. The summed E-state index contributed by atoms with van der Waals surface area (Å²) in [6.45, 7) is 2.85. The second-order valence-electron chi connectivity index (χ2n) is 5.37. The number of hydrogen-bond donors (Lipinski definition) is 1.